The molecule has 0 aliphatic carbocycles. The molecular formula is C15H13BrO2. The predicted octanol–water partition coefficient (Wildman–Crippen LogP) is 4.29. The van der Waals surface area contributed by atoms with Gasteiger partial charge >= 0.3 is 5.97 Å². The molecule has 0 amide bonds. The average Bonchev–Trinajstić information content (AvgIpc) is 2.34. The summed E-state index contributed by atoms with van der Waals surface area (Å²) in [6.07, 6.45) is 0. The highest BCUT2D eigenvalue weighted by Gasteiger charge is 2.09. The maximum absolute atomic E-state index is 11.9. The molecule has 0 aliphatic heterocycles. The lowest BCUT2D eigenvalue weighted by Crippen LogP contribution is -2.08. The quantitative estimate of drug-likeness (QED) is 0.611. The Hall–Kier alpha value is -1.61. The molecule has 3 heteroatoms. The van der Waals surface area contributed by atoms with E-state index in [9.17, 15) is 4.79 Å². The van der Waals surface area contributed by atoms with Crippen molar-refractivity contribution in [1.29, 1.82) is 0 Å². The second kappa shape index (κ2) is 5.36. The second-order valence-corrected chi connectivity index (χ2v) is 5.06. The Bertz CT molecular complexity index is 591. The first-order valence-corrected chi connectivity index (χ1v) is 6.40. The van der Waals surface area contributed by atoms with Gasteiger partial charge in [0.05, 0.1) is 5.56 Å². The fourth-order valence-electron chi connectivity index (χ4n) is 1.56. The Kier molecular flexibility index (Phi) is 3.82. The Morgan fingerprint density at radius 3 is 2.50 bits per heavy atom. The summed E-state index contributed by atoms with van der Waals surface area (Å²) in [7, 11) is 0. The fraction of sp³-hybridized carbons (Fsp3) is 0.133. The number of aryl methyl sites for hydroxylation is 2. The molecular weight excluding hydrogens is 292 g/mol. The zero-order valence-electron chi connectivity index (χ0n) is 10.2. The van der Waals surface area contributed by atoms with E-state index in [1.165, 1.54) is 5.56 Å². The van der Waals surface area contributed by atoms with Crippen LogP contribution in [0, 0.1) is 13.8 Å². The summed E-state index contributed by atoms with van der Waals surface area (Å²) >= 11 is 3.33. The minimum Gasteiger partial charge on any atom is -0.423 e. The number of benzene rings is 2. The number of hydrogen-bond acceptors (Lipinski definition) is 2. The lowest BCUT2D eigenvalue weighted by Gasteiger charge is -2.07. The van der Waals surface area contributed by atoms with Gasteiger partial charge in [0, 0.05) is 4.47 Å². The molecule has 2 aromatic rings. The normalized spacial score (nSPS) is 10.2. The van der Waals surface area contributed by atoms with Gasteiger partial charge in [-0.1, -0.05) is 28.1 Å². The molecule has 0 bridgehead atoms. The van der Waals surface area contributed by atoms with Crippen LogP contribution in [-0.2, 0) is 0 Å². The number of carbonyl (C=O) groups is 1. The molecule has 0 unspecified atom stereocenters. The van der Waals surface area contributed by atoms with E-state index in [4.69, 9.17) is 4.74 Å². The number of halogens is 1. The van der Waals surface area contributed by atoms with Crippen molar-refractivity contribution in [2.45, 2.75) is 13.8 Å². The van der Waals surface area contributed by atoms with Gasteiger partial charge in [-0.2, -0.15) is 0 Å². The summed E-state index contributed by atoms with van der Waals surface area (Å²) in [6.45, 7) is 4.01. The van der Waals surface area contributed by atoms with E-state index in [0.717, 1.165) is 10.0 Å². The first-order chi connectivity index (χ1) is 8.56. The number of esters is 1. The molecule has 2 nitrogen and oxygen atoms in total. The molecule has 0 aromatic heterocycles. The predicted molar refractivity (Wildman–Crippen MR) is 75.0 cm³/mol. The largest absolute Gasteiger partial charge is 0.423 e. The van der Waals surface area contributed by atoms with Crippen LogP contribution < -0.4 is 4.74 Å². The van der Waals surface area contributed by atoms with Gasteiger partial charge in [-0.3, -0.25) is 0 Å². The van der Waals surface area contributed by atoms with Gasteiger partial charge in [-0.05, 0) is 55.3 Å². The van der Waals surface area contributed by atoms with E-state index >= 15 is 0 Å². The molecule has 0 aliphatic rings. The van der Waals surface area contributed by atoms with E-state index in [2.05, 4.69) is 15.9 Å². The highest BCUT2D eigenvalue weighted by molar-refractivity contribution is 9.10. The van der Waals surface area contributed by atoms with Gasteiger partial charge in [0.1, 0.15) is 5.75 Å². The van der Waals surface area contributed by atoms with Crippen LogP contribution in [-0.4, -0.2) is 5.97 Å². The molecule has 0 N–H and O–H groups in total. The zero-order valence-corrected chi connectivity index (χ0v) is 11.8. The van der Waals surface area contributed by atoms with Gasteiger partial charge in [-0.25, -0.2) is 4.79 Å². The van der Waals surface area contributed by atoms with Crippen molar-refractivity contribution < 1.29 is 9.53 Å². The van der Waals surface area contributed by atoms with Gasteiger partial charge in [0.2, 0.25) is 0 Å². The minimum atomic E-state index is -0.348. The number of carbonyl (C=O) groups excluding carboxylic acids is 1. The highest BCUT2D eigenvalue weighted by atomic mass is 79.9. The summed E-state index contributed by atoms with van der Waals surface area (Å²) in [5.74, 6) is 0.225. The molecule has 0 saturated heterocycles. The van der Waals surface area contributed by atoms with Crippen molar-refractivity contribution in [3.8, 4) is 5.75 Å². The second-order valence-electron chi connectivity index (χ2n) is 4.15. The zero-order chi connectivity index (χ0) is 13.1. The van der Waals surface area contributed by atoms with Crippen LogP contribution in [0.2, 0.25) is 0 Å². The summed E-state index contributed by atoms with van der Waals surface area (Å²) < 4.78 is 6.19. The van der Waals surface area contributed by atoms with Gasteiger partial charge in [0.15, 0.2) is 0 Å². The van der Waals surface area contributed by atoms with Crippen LogP contribution in [0.5, 0.6) is 5.75 Å². The van der Waals surface area contributed by atoms with Gasteiger partial charge in [-0.15, -0.1) is 0 Å². The van der Waals surface area contributed by atoms with Gasteiger partial charge in [0.25, 0.3) is 0 Å². The highest BCUT2D eigenvalue weighted by Crippen LogP contribution is 2.19. The van der Waals surface area contributed by atoms with Crippen LogP contribution in [0.4, 0.5) is 0 Å². The van der Waals surface area contributed by atoms with Crippen LogP contribution in [0.25, 0.3) is 0 Å². The van der Waals surface area contributed by atoms with Crippen molar-refractivity contribution in [1.82, 2.24) is 0 Å². The molecule has 2 rings (SSSR count). The summed E-state index contributed by atoms with van der Waals surface area (Å²) in [5.41, 5.74) is 2.81. The molecule has 18 heavy (non-hydrogen) atoms. The fourth-order valence-corrected chi connectivity index (χ4v) is 1.96. The third-order valence-electron chi connectivity index (χ3n) is 2.75. The first kappa shape index (κ1) is 12.8. The van der Waals surface area contributed by atoms with Gasteiger partial charge < -0.3 is 4.74 Å². The Morgan fingerprint density at radius 1 is 1.06 bits per heavy atom. The Morgan fingerprint density at radius 2 is 1.83 bits per heavy atom. The van der Waals surface area contributed by atoms with Crippen LogP contribution in [0.1, 0.15) is 21.5 Å². The average molecular weight is 305 g/mol. The summed E-state index contributed by atoms with van der Waals surface area (Å²) in [5, 5.41) is 0. The number of hydrogen-bond donors (Lipinski definition) is 0. The third kappa shape index (κ3) is 2.99. The molecule has 0 heterocycles. The Labute approximate surface area is 115 Å². The first-order valence-electron chi connectivity index (χ1n) is 5.61. The topological polar surface area (TPSA) is 26.3 Å². The summed E-state index contributed by atoms with van der Waals surface area (Å²) in [6, 6.07) is 12.8. The van der Waals surface area contributed by atoms with Crippen molar-refractivity contribution in [2.75, 3.05) is 0 Å². The van der Waals surface area contributed by atoms with Crippen molar-refractivity contribution in [3.05, 3.63) is 63.6 Å². The van der Waals surface area contributed by atoms with E-state index in [1.807, 2.05) is 32.0 Å². The number of ether oxygens (including phenoxy) is 1. The maximum atomic E-state index is 11.9. The lowest BCUT2D eigenvalue weighted by molar-refractivity contribution is 0.0734. The smallest absolute Gasteiger partial charge is 0.343 e. The minimum absolute atomic E-state index is 0.348. The Balaban J connectivity index is 2.18. The van der Waals surface area contributed by atoms with E-state index in [-0.39, 0.29) is 5.97 Å². The van der Waals surface area contributed by atoms with E-state index < -0.39 is 0 Å². The van der Waals surface area contributed by atoms with Crippen LogP contribution >= 0.6 is 15.9 Å². The third-order valence-corrected chi connectivity index (χ3v) is 3.24. The molecule has 0 atom stereocenters. The standard InChI is InChI=1S/C15H13BrO2/c1-10-6-7-14(8-11(10)2)18-15(17)12-4-3-5-13(16)9-12/h3-9H,1-2H3. The summed E-state index contributed by atoms with van der Waals surface area (Å²) in [4.78, 5) is 11.9. The molecule has 0 radical (unpaired) electrons. The van der Waals surface area contributed by atoms with Crippen LogP contribution in [0.3, 0.4) is 0 Å². The molecule has 0 spiro atoms. The molecule has 0 fully saturated rings. The SMILES string of the molecule is Cc1ccc(OC(=O)c2cccc(Br)c2)cc1C. The lowest BCUT2D eigenvalue weighted by atomic mass is 10.1. The molecule has 92 valence electrons. The van der Waals surface area contributed by atoms with E-state index in [1.54, 1.807) is 24.3 Å². The molecule has 2 aromatic carbocycles. The van der Waals surface area contributed by atoms with Crippen molar-refractivity contribution in [2.24, 2.45) is 0 Å². The molecule has 0 saturated carbocycles. The van der Waals surface area contributed by atoms with Crippen LogP contribution in [0.15, 0.2) is 46.9 Å². The van der Waals surface area contributed by atoms with E-state index in [0.29, 0.717) is 11.3 Å². The maximum Gasteiger partial charge on any atom is 0.343 e. The van der Waals surface area contributed by atoms with Crippen molar-refractivity contribution in [3.63, 3.8) is 0 Å². The monoisotopic (exact) mass is 304 g/mol. The van der Waals surface area contributed by atoms with Crippen molar-refractivity contribution >= 4 is 21.9 Å². The number of rotatable bonds is 2.